The van der Waals surface area contributed by atoms with E-state index in [0.717, 1.165) is 61.5 Å². The van der Waals surface area contributed by atoms with Crippen LogP contribution in [0, 0.1) is 20.8 Å². The summed E-state index contributed by atoms with van der Waals surface area (Å²) in [5.41, 5.74) is 4.53. The zero-order chi connectivity index (χ0) is 23.5. The Bertz CT molecular complexity index is 1070. The molecule has 174 valence electrons. The van der Waals surface area contributed by atoms with Gasteiger partial charge in [-0.25, -0.2) is 0 Å². The van der Waals surface area contributed by atoms with E-state index in [2.05, 4.69) is 4.90 Å². The maximum atomic E-state index is 13.2. The van der Waals surface area contributed by atoms with E-state index in [1.807, 2.05) is 63.2 Å². The highest BCUT2D eigenvalue weighted by atomic mass is 16.5. The lowest BCUT2D eigenvalue weighted by atomic mass is 9.93. The molecule has 1 unspecified atom stereocenters. The van der Waals surface area contributed by atoms with Gasteiger partial charge in [0.1, 0.15) is 5.76 Å². The number of morpholine rings is 1. The number of likely N-dealkylation sites (tertiary alicyclic amines) is 1. The molecule has 2 aromatic rings. The summed E-state index contributed by atoms with van der Waals surface area (Å²) in [6.07, 6.45) is 0.749. The van der Waals surface area contributed by atoms with Gasteiger partial charge in [-0.15, -0.1) is 0 Å². The maximum absolute atomic E-state index is 13.2. The number of ether oxygens (including phenoxy) is 1. The first-order valence-corrected chi connectivity index (χ1v) is 11.6. The molecular formula is C27H32N2O4. The minimum absolute atomic E-state index is 0.101. The van der Waals surface area contributed by atoms with Gasteiger partial charge in [-0.1, -0.05) is 47.5 Å². The van der Waals surface area contributed by atoms with E-state index in [4.69, 9.17) is 4.74 Å². The third kappa shape index (κ3) is 4.87. The van der Waals surface area contributed by atoms with Crippen LogP contribution in [0.2, 0.25) is 0 Å². The minimum atomic E-state index is -0.620. The molecule has 2 fully saturated rings. The Hall–Kier alpha value is -2.96. The minimum Gasteiger partial charge on any atom is -0.507 e. The topological polar surface area (TPSA) is 70.1 Å². The number of hydrogen-bond donors (Lipinski definition) is 1. The van der Waals surface area contributed by atoms with E-state index >= 15 is 0 Å². The van der Waals surface area contributed by atoms with Gasteiger partial charge in [0.25, 0.3) is 11.7 Å². The predicted octanol–water partition coefficient (Wildman–Crippen LogP) is 3.76. The van der Waals surface area contributed by atoms with Crippen molar-refractivity contribution in [2.45, 2.75) is 33.2 Å². The number of Topliss-reactive ketones (excluding diaryl/α,β-unsaturated/α-hetero) is 1. The van der Waals surface area contributed by atoms with Crippen molar-refractivity contribution in [3.05, 3.63) is 75.9 Å². The largest absolute Gasteiger partial charge is 0.507 e. The first-order valence-electron chi connectivity index (χ1n) is 11.6. The molecule has 0 aromatic heterocycles. The summed E-state index contributed by atoms with van der Waals surface area (Å²) in [6, 6.07) is 13.0. The van der Waals surface area contributed by atoms with Gasteiger partial charge in [-0.2, -0.15) is 0 Å². The van der Waals surface area contributed by atoms with Crippen LogP contribution >= 0.6 is 0 Å². The molecule has 1 N–H and O–H groups in total. The number of nitrogens with zero attached hydrogens (tertiary/aromatic N) is 2. The highest BCUT2D eigenvalue weighted by Gasteiger charge is 2.45. The molecule has 0 spiro atoms. The average molecular weight is 449 g/mol. The molecule has 0 radical (unpaired) electrons. The molecule has 1 amide bonds. The number of carbonyl (C=O) groups excluding carboxylic acids is 2. The van der Waals surface area contributed by atoms with Gasteiger partial charge in [0, 0.05) is 31.7 Å². The van der Waals surface area contributed by atoms with E-state index in [1.54, 1.807) is 4.90 Å². The fourth-order valence-corrected chi connectivity index (χ4v) is 4.63. The normalized spacial score (nSPS) is 21.1. The quantitative estimate of drug-likeness (QED) is 0.414. The molecule has 2 saturated heterocycles. The molecule has 6 heteroatoms. The van der Waals surface area contributed by atoms with Crippen LogP contribution in [0.1, 0.15) is 40.3 Å². The van der Waals surface area contributed by atoms with E-state index in [9.17, 15) is 14.7 Å². The Labute approximate surface area is 195 Å². The Morgan fingerprint density at radius 2 is 1.64 bits per heavy atom. The monoisotopic (exact) mass is 448 g/mol. The van der Waals surface area contributed by atoms with Crippen LogP contribution in [-0.2, 0) is 14.3 Å². The summed E-state index contributed by atoms with van der Waals surface area (Å²) in [7, 11) is 0. The lowest BCUT2D eigenvalue weighted by Gasteiger charge is -2.29. The van der Waals surface area contributed by atoms with Crippen LogP contribution in [0.25, 0.3) is 5.76 Å². The van der Waals surface area contributed by atoms with Crippen molar-refractivity contribution in [2.24, 2.45) is 0 Å². The Morgan fingerprint density at radius 3 is 2.33 bits per heavy atom. The fraction of sp³-hybridized carbons (Fsp3) is 0.407. The molecule has 33 heavy (non-hydrogen) atoms. The average Bonchev–Trinajstić information content (AvgIpc) is 3.06. The second kappa shape index (κ2) is 9.89. The highest BCUT2D eigenvalue weighted by Crippen LogP contribution is 2.40. The van der Waals surface area contributed by atoms with Crippen LogP contribution in [0.3, 0.4) is 0 Å². The van der Waals surface area contributed by atoms with Crippen LogP contribution in [0.15, 0.2) is 48.0 Å². The first-order chi connectivity index (χ1) is 15.9. The van der Waals surface area contributed by atoms with Gasteiger partial charge in [0.2, 0.25) is 0 Å². The summed E-state index contributed by atoms with van der Waals surface area (Å²) in [6.45, 7) is 10.3. The molecule has 0 aliphatic carbocycles. The summed E-state index contributed by atoms with van der Waals surface area (Å²) < 4.78 is 5.41. The van der Waals surface area contributed by atoms with Crippen molar-refractivity contribution in [3.8, 4) is 0 Å². The number of ketones is 1. The van der Waals surface area contributed by atoms with Crippen LogP contribution in [-0.4, -0.2) is 66.0 Å². The van der Waals surface area contributed by atoms with Crippen LogP contribution in [0.5, 0.6) is 0 Å². The maximum Gasteiger partial charge on any atom is 0.295 e. The molecule has 4 rings (SSSR count). The number of aliphatic hydroxyl groups excluding tert-OH is 1. The van der Waals surface area contributed by atoms with Crippen molar-refractivity contribution < 1.29 is 19.4 Å². The van der Waals surface area contributed by atoms with Gasteiger partial charge < -0.3 is 14.7 Å². The van der Waals surface area contributed by atoms with E-state index in [0.29, 0.717) is 12.1 Å². The molecule has 2 heterocycles. The number of amides is 1. The van der Waals surface area contributed by atoms with Crippen molar-refractivity contribution in [1.29, 1.82) is 0 Å². The summed E-state index contributed by atoms with van der Waals surface area (Å²) in [5.74, 6) is -1.27. The lowest BCUT2D eigenvalue weighted by Crippen LogP contribution is -2.38. The Kier molecular flexibility index (Phi) is 6.96. The molecule has 1 atom stereocenters. The number of aliphatic hydroxyl groups is 1. The second-order valence-electron chi connectivity index (χ2n) is 9.03. The Balaban J connectivity index is 1.70. The van der Waals surface area contributed by atoms with E-state index in [1.165, 1.54) is 0 Å². The van der Waals surface area contributed by atoms with Crippen molar-refractivity contribution in [1.82, 2.24) is 9.80 Å². The third-order valence-corrected chi connectivity index (χ3v) is 6.56. The summed E-state index contributed by atoms with van der Waals surface area (Å²) in [5, 5.41) is 11.3. The SMILES string of the molecule is Cc1ccc(C2C(=C(O)c3cc(C)ccc3C)C(=O)C(=O)N2CCCN2CCOCC2)cc1. The molecule has 2 aromatic carbocycles. The zero-order valence-corrected chi connectivity index (χ0v) is 19.6. The predicted molar refractivity (Wildman–Crippen MR) is 128 cm³/mol. The first kappa shape index (κ1) is 23.2. The third-order valence-electron chi connectivity index (χ3n) is 6.56. The van der Waals surface area contributed by atoms with Gasteiger partial charge in [0.15, 0.2) is 0 Å². The standard InChI is InChI=1S/C27H32N2O4/c1-18-6-9-21(10-7-18)24-23(25(30)22-17-19(2)5-8-20(22)3)26(31)27(32)29(24)12-4-11-28-13-15-33-16-14-28/h5-10,17,24,30H,4,11-16H2,1-3H3. The number of aryl methyl sites for hydroxylation is 3. The number of hydrogen-bond acceptors (Lipinski definition) is 5. The van der Waals surface area contributed by atoms with Crippen LogP contribution < -0.4 is 0 Å². The van der Waals surface area contributed by atoms with Gasteiger partial charge >= 0.3 is 0 Å². The summed E-state index contributed by atoms with van der Waals surface area (Å²) in [4.78, 5) is 30.3. The van der Waals surface area contributed by atoms with E-state index in [-0.39, 0.29) is 11.3 Å². The fourth-order valence-electron chi connectivity index (χ4n) is 4.63. The number of carbonyl (C=O) groups is 2. The van der Waals surface area contributed by atoms with E-state index < -0.39 is 17.7 Å². The van der Waals surface area contributed by atoms with Crippen molar-refractivity contribution in [3.63, 3.8) is 0 Å². The highest BCUT2D eigenvalue weighted by molar-refractivity contribution is 6.46. The molecule has 2 aliphatic rings. The smallest absolute Gasteiger partial charge is 0.295 e. The molecule has 0 saturated carbocycles. The van der Waals surface area contributed by atoms with Gasteiger partial charge in [-0.05, 0) is 44.4 Å². The molecule has 2 aliphatic heterocycles. The lowest BCUT2D eigenvalue weighted by molar-refractivity contribution is -0.140. The molecular weight excluding hydrogens is 416 g/mol. The second-order valence-corrected chi connectivity index (χ2v) is 9.03. The molecule has 0 bridgehead atoms. The summed E-state index contributed by atoms with van der Waals surface area (Å²) >= 11 is 0. The number of benzene rings is 2. The van der Waals surface area contributed by atoms with Crippen LogP contribution in [0.4, 0.5) is 0 Å². The van der Waals surface area contributed by atoms with Gasteiger partial charge in [-0.3, -0.25) is 14.5 Å². The van der Waals surface area contributed by atoms with Gasteiger partial charge in [0.05, 0.1) is 24.8 Å². The number of rotatable bonds is 6. The zero-order valence-electron chi connectivity index (χ0n) is 19.6. The van der Waals surface area contributed by atoms with Crippen molar-refractivity contribution in [2.75, 3.05) is 39.4 Å². The Morgan fingerprint density at radius 1 is 0.970 bits per heavy atom. The molecule has 6 nitrogen and oxygen atoms in total. The van der Waals surface area contributed by atoms with Crippen molar-refractivity contribution >= 4 is 17.4 Å².